The Morgan fingerprint density at radius 2 is 2.47 bits per heavy atom. The number of aromatic nitrogens is 2. The summed E-state index contributed by atoms with van der Waals surface area (Å²) < 4.78 is 6.68. The molecule has 0 atom stereocenters. The van der Waals surface area contributed by atoms with Gasteiger partial charge in [0.15, 0.2) is 11.5 Å². The van der Waals surface area contributed by atoms with Crippen LogP contribution in [0.5, 0.6) is 5.75 Å². The largest absolute Gasteiger partial charge is 0.493 e. The first kappa shape index (κ1) is 10.2. The number of ketones is 1. The minimum absolute atomic E-state index is 0.110. The van der Waals surface area contributed by atoms with Crippen molar-refractivity contribution in [1.82, 2.24) is 15.1 Å². The van der Waals surface area contributed by atoms with Crippen LogP contribution in [-0.4, -0.2) is 35.8 Å². The van der Waals surface area contributed by atoms with Gasteiger partial charge in [0.1, 0.15) is 5.69 Å². The number of hydrogen-bond donors (Lipinski definition) is 1. The Morgan fingerprint density at radius 1 is 1.73 bits per heavy atom. The standard InChI is InChI=1S/C10H15N3O2/c1-13-10(9(15-2)6-12-13)8(14)3-7-4-11-5-7/h6-7,11H,3-5H2,1-2H3. The van der Waals surface area contributed by atoms with Gasteiger partial charge in [-0.1, -0.05) is 0 Å². The van der Waals surface area contributed by atoms with Crippen LogP contribution in [0.1, 0.15) is 16.9 Å². The Hall–Kier alpha value is -1.36. The summed E-state index contributed by atoms with van der Waals surface area (Å²) >= 11 is 0. The third kappa shape index (κ3) is 1.87. The third-order valence-corrected chi connectivity index (χ3v) is 2.73. The molecule has 0 spiro atoms. The lowest BCUT2D eigenvalue weighted by Crippen LogP contribution is -2.43. The van der Waals surface area contributed by atoms with E-state index >= 15 is 0 Å². The van der Waals surface area contributed by atoms with E-state index in [-0.39, 0.29) is 5.78 Å². The SMILES string of the molecule is COc1cnn(C)c1C(=O)CC1CNC1. The molecule has 5 heteroatoms. The lowest BCUT2D eigenvalue weighted by Gasteiger charge is -2.26. The van der Waals surface area contributed by atoms with Crippen LogP contribution >= 0.6 is 0 Å². The van der Waals surface area contributed by atoms with E-state index in [1.807, 2.05) is 0 Å². The predicted molar refractivity (Wildman–Crippen MR) is 55.1 cm³/mol. The summed E-state index contributed by atoms with van der Waals surface area (Å²) in [5, 5.41) is 7.16. The van der Waals surface area contributed by atoms with Crippen molar-refractivity contribution in [3.8, 4) is 5.75 Å². The molecule has 2 rings (SSSR count). The average Bonchev–Trinajstić information content (AvgIpc) is 2.53. The highest BCUT2D eigenvalue weighted by Crippen LogP contribution is 2.21. The van der Waals surface area contributed by atoms with Gasteiger partial charge in [-0.3, -0.25) is 9.48 Å². The highest BCUT2D eigenvalue weighted by Gasteiger charge is 2.24. The zero-order valence-electron chi connectivity index (χ0n) is 8.99. The van der Waals surface area contributed by atoms with Crippen molar-refractivity contribution >= 4 is 5.78 Å². The van der Waals surface area contributed by atoms with Crippen molar-refractivity contribution in [2.75, 3.05) is 20.2 Å². The van der Waals surface area contributed by atoms with Crippen LogP contribution in [0, 0.1) is 5.92 Å². The maximum atomic E-state index is 11.9. The second kappa shape index (κ2) is 4.02. The zero-order valence-corrected chi connectivity index (χ0v) is 8.99. The number of nitrogens with one attached hydrogen (secondary N) is 1. The van der Waals surface area contributed by atoms with Crippen molar-refractivity contribution in [3.05, 3.63) is 11.9 Å². The molecule has 0 amide bonds. The molecule has 0 aliphatic carbocycles. The fourth-order valence-corrected chi connectivity index (χ4v) is 1.74. The minimum atomic E-state index is 0.110. The molecule has 0 unspecified atom stereocenters. The first-order valence-corrected chi connectivity index (χ1v) is 5.02. The van der Waals surface area contributed by atoms with Gasteiger partial charge in [0, 0.05) is 13.5 Å². The Bertz CT molecular complexity index is 369. The van der Waals surface area contributed by atoms with E-state index in [2.05, 4.69) is 10.4 Å². The Morgan fingerprint density at radius 3 is 3.00 bits per heavy atom. The summed E-state index contributed by atoms with van der Waals surface area (Å²) in [5.41, 5.74) is 0.574. The second-order valence-corrected chi connectivity index (χ2v) is 3.84. The molecule has 1 fully saturated rings. The number of nitrogens with zero attached hydrogens (tertiary/aromatic N) is 2. The number of hydrogen-bond acceptors (Lipinski definition) is 4. The van der Waals surface area contributed by atoms with Gasteiger partial charge in [0.2, 0.25) is 0 Å². The molecular weight excluding hydrogens is 194 g/mol. The molecule has 82 valence electrons. The molecule has 1 aromatic rings. The summed E-state index contributed by atoms with van der Waals surface area (Å²) in [4.78, 5) is 11.9. The second-order valence-electron chi connectivity index (χ2n) is 3.84. The van der Waals surface area contributed by atoms with Gasteiger partial charge in [0.05, 0.1) is 13.3 Å². The first-order chi connectivity index (χ1) is 7.22. The van der Waals surface area contributed by atoms with Gasteiger partial charge < -0.3 is 10.1 Å². The molecule has 5 nitrogen and oxygen atoms in total. The number of rotatable bonds is 4. The molecule has 2 heterocycles. The minimum Gasteiger partial charge on any atom is -0.493 e. The van der Waals surface area contributed by atoms with E-state index in [1.165, 1.54) is 0 Å². The van der Waals surface area contributed by atoms with Crippen molar-refractivity contribution in [1.29, 1.82) is 0 Å². The molecule has 1 aliphatic heterocycles. The summed E-state index contributed by atoms with van der Waals surface area (Å²) in [6.45, 7) is 1.87. The van der Waals surface area contributed by atoms with Gasteiger partial charge >= 0.3 is 0 Å². The lowest BCUT2D eigenvalue weighted by molar-refractivity contribution is 0.0933. The quantitative estimate of drug-likeness (QED) is 0.721. The van der Waals surface area contributed by atoms with Crippen molar-refractivity contribution < 1.29 is 9.53 Å². The fourth-order valence-electron chi connectivity index (χ4n) is 1.74. The summed E-state index contributed by atoms with van der Waals surface area (Å²) in [7, 11) is 3.31. The predicted octanol–water partition coefficient (Wildman–Crippen LogP) is 0.221. The fraction of sp³-hybridized carbons (Fsp3) is 0.600. The molecule has 0 saturated carbocycles. The van der Waals surface area contributed by atoms with Gasteiger partial charge in [-0.15, -0.1) is 0 Å². The molecule has 15 heavy (non-hydrogen) atoms. The number of carbonyl (C=O) groups excluding carboxylic acids is 1. The van der Waals surface area contributed by atoms with Crippen LogP contribution in [0.4, 0.5) is 0 Å². The van der Waals surface area contributed by atoms with E-state index in [1.54, 1.807) is 25.0 Å². The lowest BCUT2D eigenvalue weighted by atomic mass is 9.95. The topological polar surface area (TPSA) is 56.2 Å². The van der Waals surface area contributed by atoms with Gasteiger partial charge in [-0.05, 0) is 19.0 Å². The monoisotopic (exact) mass is 209 g/mol. The van der Waals surface area contributed by atoms with Crippen molar-refractivity contribution in [3.63, 3.8) is 0 Å². The number of methoxy groups -OCH3 is 1. The van der Waals surface area contributed by atoms with E-state index in [9.17, 15) is 4.79 Å². The maximum Gasteiger partial charge on any atom is 0.185 e. The zero-order chi connectivity index (χ0) is 10.8. The van der Waals surface area contributed by atoms with Crippen LogP contribution in [-0.2, 0) is 7.05 Å². The Labute approximate surface area is 88.4 Å². The van der Waals surface area contributed by atoms with Gasteiger partial charge in [0.25, 0.3) is 0 Å². The van der Waals surface area contributed by atoms with E-state index < -0.39 is 0 Å². The number of carbonyl (C=O) groups is 1. The third-order valence-electron chi connectivity index (χ3n) is 2.73. The maximum absolute atomic E-state index is 11.9. The van der Waals surface area contributed by atoms with E-state index in [0.717, 1.165) is 13.1 Å². The Kier molecular flexibility index (Phi) is 2.73. The number of aryl methyl sites for hydroxylation is 1. The smallest absolute Gasteiger partial charge is 0.185 e. The number of ether oxygens (including phenoxy) is 1. The van der Waals surface area contributed by atoms with Gasteiger partial charge in [-0.2, -0.15) is 5.10 Å². The van der Waals surface area contributed by atoms with Crippen molar-refractivity contribution in [2.45, 2.75) is 6.42 Å². The highest BCUT2D eigenvalue weighted by atomic mass is 16.5. The molecule has 0 bridgehead atoms. The van der Waals surface area contributed by atoms with Gasteiger partial charge in [-0.25, -0.2) is 0 Å². The van der Waals surface area contributed by atoms with Crippen LogP contribution < -0.4 is 10.1 Å². The summed E-state index contributed by atoms with van der Waals surface area (Å²) in [6, 6.07) is 0. The van der Waals surface area contributed by atoms with E-state index in [0.29, 0.717) is 23.8 Å². The molecule has 0 radical (unpaired) electrons. The normalized spacial score (nSPS) is 16.1. The van der Waals surface area contributed by atoms with Crippen LogP contribution in [0.2, 0.25) is 0 Å². The summed E-state index contributed by atoms with van der Waals surface area (Å²) in [5.74, 6) is 1.14. The molecular formula is C10H15N3O2. The molecule has 0 aromatic carbocycles. The Balaban J connectivity index is 2.12. The number of Topliss-reactive ketones (excluding diaryl/α,β-unsaturated/α-hetero) is 1. The average molecular weight is 209 g/mol. The highest BCUT2D eigenvalue weighted by molar-refractivity contribution is 5.97. The molecule has 1 N–H and O–H groups in total. The van der Waals surface area contributed by atoms with Crippen LogP contribution in [0.15, 0.2) is 6.20 Å². The van der Waals surface area contributed by atoms with E-state index in [4.69, 9.17) is 4.74 Å². The van der Waals surface area contributed by atoms with Crippen molar-refractivity contribution in [2.24, 2.45) is 13.0 Å². The molecule has 1 aromatic heterocycles. The van der Waals surface area contributed by atoms with Crippen LogP contribution in [0.25, 0.3) is 0 Å². The first-order valence-electron chi connectivity index (χ1n) is 5.02. The summed E-state index contributed by atoms with van der Waals surface area (Å²) in [6.07, 6.45) is 2.15. The van der Waals surface area contributed by atoms with Crippen LogP contribution in [0.3, 0.4) is 0 Å². The molecule has 1 aliphatic rings. The molecule has 1 saturated heterocycles.